The van der Waals surface area contributed by atoms with Gasteiger partial charge in [0.2, 0.25) is 0 Å². The van der Waals surface area contributed by atoms with Gasteiger partial charge in [-0.25, -0.2) is 0 Å². The van der Waals surface area contributed by atoms with E-state index in [1.807, 2.05) is 62.4 Å². The lowest BCUT2D eigenvalue weighted by Crippen LogP contribution is -1.90. The zero-order valence-electron chi connectivity index (χ0n) is 11.6. The van der Waals surface area contributed by atoms with Gasteiger partial charge in [-0.15, -0.1) is 0 Å². The topological polar surface area (TPSA) is 22.4 Å². The van der Waals surface area contributed by atoms with Crippen LogP contribution in [0.4, 0.5) is 0 Å². The first-order chi connectivity index (χ1) is 9.74. The van der Waals surface area contributed by atoms with Gasteiger partial charge in [0.25, 0.3) is 0 Å². The van der Waals surface area contributed by atoms with Crippen LogP contribution in [0.25, 0.3) is 11.3 Å². The molecule has 100 valence electrons. The van der Waals surface area contributed by atoms with Crippen molar-refractivity contribution in [1.82, 2.24) is 0 Å². The lowest BCUT2D eigenvalue weighted by Gasteiger charge is -2.11. The van der Waals surface area contributed by atoms with E-state index in [0.717, 1.165) is 33.9 Å². The van der Waals surface area contributed by atoms with Gasteiger partial charge in [0.1, 0.15) is 17.3 Å². The molecule has 20 heavy (non-hydrogen) atoms. The molecule has 0 atom stereocenters. The molecule has 3 aromatic rings. The molecular weight excluding hydrogens is 248 g/mol. The Labute approximate surface area is 118 Å². The van der Waals surface area contributed by atoms with Crippen LogP contribution < -0.4 is 4.74 Å². The Morgan fingerprint density at radius 1 is 0.800 bits per heavy atom. The number of hydrogen-bond acceptors (Lipinski definition) is 2. The maximum Gasteiger partial charge on any atom is 0.133 e. The average molecular weight is 264 g/mol. The lowest BCUT2D eigenvalue weighted by atomic mass is 10.1. The van der Waals surface area contributed by atoms with Crippen LogP contribution in [0, 0.1) is 13.8 Å². The third kappa shape index (κ3) is 2.45. The monoisotopic (exact) mass is 264 g/mol. The third-order valence-corrected chi connectivity index (χ3v) is 3.29. The first kappa shape index (κ1) is 12.5. The highest BCUT2D eigenvalue weighted by Gasteiger charge is 2.07. The van der Waals surface area contributed by atoms with Crippen molar-refractivity contribution >= 4 is 0 Å². The Bertz CT molecular complexity index is 712. The number of furan rings is 1. The molecule has 0 amide bonds. The Kier molecular flexibility index (Phi) is 3.30. The van der Waals surface area contributed by atoms with Crippen molar-refractivity contribution in [3.05, 3.63) is 72.0 Å². The van der Waals surface area contributed by atoms with Crippen molar-refractivity contribution in [3.63, 3.8) is 0 Å². The van der Waals surface area contributed by atoms with E-state index in [-0.39, 0.29) is 0 Å². The largest absolute Gasteiger partial charge is 0.464 e. The first-order valence-corrected chi connectivity index (χ1v) is 6.62. The van der Waals surface area contributed by atoms with E-state index >= 15 is 0 Å². The molecule has 1 aromatic heterocycles. The fourth-order valence-corrected chi connectivity index (χ4v) is 2.15. The molecule has 0 N–H and O–H groups in total. The molecule has 0 radical (unpaired) electrons. The van der Waals surface area contributed by atoms with Crippen molar-refractivity contribution in [3.8, 4) is 22.8 Å². The second-order valence-corrected chi connectivity index (χ2v) is 4.83. The molecule has 0 unspecified atom stereocenters. The summed E-state index contributed by atoms with van der Waals surface area (Å²) in [4.78, 5) is 0. The first-order valence-electron chi connectivity index (χ1n) is 6.62. The normalized spacial score (nSPS) is 10.5. The lowest BCUT2D eigenvalue weighted by molar-refractivity contribution is 0.475. The summed E-state index contributed by atoms with van der Waals surface area (Å²) in [5, 5.41) is 0. The summed E-state index contributed by atoms with van der Waals surface area (Å²) in [6.45, 7) is 4.09. The quantitative estimate of drug-likeness (QED) is 0.635. The molecule has 0 spiro atoms. The van der Waals surface area contributed by atoms with Gasteiger partial charge >= 0.3 is 0 Å². The van der Waals surface area contributed by atoms with E-state index < -0.39 is 0 Å². The molecule has 3 rings (SSSR count). The smallest absolute Gasteiger partial charge is 0.133 e. The zero-order chi connectivity index (χ0) is 13.9. The molecule has 0 saturated carbocycles. The predicted octanol–water partition coefficient (Wildman–Crippen LogP) is 5.36. The summed E-state index contributed by atoms with van der Waals surface area (Å²) in [6, 6.07) is 17.9. The van der Waals surface area contributed by atoms with E-state index in [1.165, 1.54) is 0 Å². The number of rotatable bonds is 3. The Morgan fingerprint density at radius 3 is 2.30 bits per heavy atom. The minimum absolute atomic E-state index is 0.870. The van der Waals surface area contributed by atoms with Crippen LogP contribution in [0.5, 0.6) is 11.5 Å². The molecule has 0 bridgehead atoms. The summed E-state index contributed by atoms with van der Waals surface area (Å²) in [5.41, 5.74) is 3.27. The Balaban J connectivity index is 1.90. The highest BCUT2D eigenvalue weighted by atomic mass is 16.5. The standard InChI is InChI=1S/C18H16O2/c1-13-6-3-4-7-16(13)20-17-10-9-15(12-14(17)2)18-8-5-11-19-18/h3-12H,1-2H3. The Morgan fingerprint density at radius 2 is 1.60 bits per heavy atom. The maximum atomic E-state index is 5.98. The SMILES string of the molecule is Cc1ccccc1Oc1ccc(-c2ccco2)cc1C. The highest BCUT2D eigenvalue weighted by molar-refractivity contribution is 5.60. The number of hydrogen-bond donors (Lipinski definition) is 0. The van der Waals surface area contributed by atoms with Gasteiger partial charge in [0, 0.05) is 5.56 Å². The van der Waals surface area contributed by atoms with E-state index in [1.54, 1.807) is 6.26 Å². The van der Waals surface area contributed by atoms with Crippen molar-refractivity contribution in [2.75, 3.05) is 0 Å². The van der Waals surface area contributed by atoms with E-state index in [4.69, 9.17) is 9.15 Å². The van der Waals surface area contributed by atoms with Crippen LogP contribution in [0.3, 0.4) is 0 Å². The number of aryl methyl sites for hydroxylation is 2. The van der Waals surface area contributed by atoms with E-state index in [0.29, 0.717) is 0 Å². The fourth-order valence-electron chi connectivity index (χ4n) is 2.15. The number of benzene rings is 2. The molecular formula is C18H16O2. The second kappa shape index (κ2) is 5.25. The van der Waals surface area contributed by atoms with Crippen LogP contribution in [0.1, 0.15) is 11.1 Å². The average Bonchev–Trinajstić information content (AvgIpc) is 2.97. The van der Waals surface area contributed by atoms with E-state index in [2.05, 4.69) is 6.07 Å². The van der Waals surface area contributed by atoms with Crippen LogP contribution in [-0.4, -0.2) is 0 Å². The van der Waals surface area contributed by atoms with Crippen molar-refractivity contribution < 1.29 is 9.15 Å². The molecule has 0 aliphatic carbocycles. The van der Waals surface area contributed by atoms with Gasteiger partial charge in [0.15, 0.2) is 0 Å². The van der Waals surface area contributed by atoms with Crippen molar-refractivity contribution in [2.45, 2.75) is 13.8 Å². The van der Waals surface area contributed by atoms with Crippen LogP contribution in [0.15, 0.2) is 65.3 Å². The molecule has 0 aliphatic heterocycles. The minimum atomic E-state index is 0.870. The van der Waals surface area contributed by atoms with E-state index in [9.17, 15) is 0 Å². The molecule has 1 heterocycles. The number of para-hydroxylation sites is 1. The summed E-state index contributed by atoms with van der Waals surface area (Å²) in [5.74, 6) is 2.63. The summed E-state index contributed by atoms with van der Waals surface area (Å²) in [7, 11) is 0. The molecule has 2 heteroatoms. The predicted molar refractivity (Wildman–Crippen MR) is 80.1 cm³/mol. The van der Waals surface area contributed by atoms with Gasteiger partial charge in [-0.2, -0.15) is 0 Å². The molecule has 2 nitrogen and oxygen atoms in total. The van der Waals surface area contributed by atoms with Crippen LogP contribution >= 0.6 is 0 Å². The number of ether oxygens (including phenoxy) is 1. The minimum Gasteiger partial charge on any atom is -0.464 e. The van der Waals surface area contributed by atoms with Gasteiger partial charge in [-0.05, 0) is 61.4 Å². The fraction of sp³-hybridized carbons (Fsp3) is 0.111. The molecule has 0 fully saturated rings. The van der Waals surface area contributed by atoms with Crippen LogP contribution in [0.2, 0.25) is 0 Å². The van der Waals surface area contributed by atoms with Gasteiger partial charge in [0.05, 0.1) is 6.26 Å². The van der Waals surface area contributed by atoms with Gasteiger partial charge in [-0.3, -0.25) is 0 Å². The van der Waals surface area contributed by atoms with Gasteiger partial charge < -0.3 is 9.15 Å². The molecule has 0 saturated heterocycles. The summed E-state index contributed by atoms with van der Waals surface area (Å²) >= 11 is 0. The maximum absolute atomic E-state index is 5.98. The second-order valence-electron chi connectivity index (χ2n) is 4.83. The third-order valence-electron chi connectivity index (χ3n) is 3.29. The van der Waals surface area contributed by atoms with Crippen molar-refractivity contribution in [2.24, 2.45) is 0 Å². The van der Waals surface area contributed by atoms with Crippen molar-refractivity contribution in [1.29, 1.82) is 0 Å². The Hall–Kier alpha value is -2.48. The highest BCUT2D eigenvalue weighted by Crippen LogP contribution is 2.30. The summed E-state index contributed by atoms with van der Waals surface area (Å²) in [6.07, 6.45) is 1.68. The van der Waals surface area contributed by atoms with Gasteiger partial charge in [-0.1, -0.05) is 18.2 Å². The van der Waals surface area contributed by atoms with Crippen LogP contribution in [-0.2, 0) is 0 Å². The molecule has 2 aromatic carbocycles. The molecule has 0 aliphatic rings. The zero-order valence-corrected chi connectivity index (χ0v) is 11.6. The summed E-state index contributed by atoms with van der Waals surface area (Å²) < 4.78 is 11.4.